The fraction of sp³-hybridized carbons (Fsp3) is 0.700. The summed E-state index contributed by atoms with van der Waals surface area (Å²) < 4.78 is 25.3. The summed E-state index contributed by atoms with van der Waals surface area (Å²) >= 11 is 0. The number of hydrogen-bond acceptors (Lipinski definition) is 4. The van der Waals surface area contributed by atoms with Crippen LogP contribution < -0.4 is 5.32 Å². The topological polar surface area (TPSA) is 78.1 Å². The van der Waals surface area contributed by atoms with E-state index in [9.17, 15) is 8.42 Å². The van der Waals surface area contributed by atoms with Gasteiger partial charge in [0, 0.05) is 37.9 Å². The van der Waals surface area contributed by atoms with Crippen LogP contribution >= 0.6 is 0 Å². The van der Waals surface area contributed by atoms with Gasteiger partial charge in [-0.1, -0.05) is 0 Å². The lowest BCUT2D eigenvalue weighted by Crippen LogP contribution is -2.25. The Bertz CT molecular complexity index is 502. The van der Waals surface area contributed by atoms with E-state index >= 15 is 0 Å². The molecular formula is C10H18N4O2S. The molecule has 1 heterocycles. The summed E-state index contributed by atoms with van der Waals surface area (Å²) in [5, 5.41) is 10.1. The van der Waals surface area contributed by atoms with E-state index in [0.29, 0.717) is 12.6 Å². The average molecular weight is 258 g/mol. The van der Waals surface area contributed by atoms with Crippen molar-refractivity contribution in [1.82, 2.24) is 19.8 Å². The first-order valence-corrected chi connectivity index (χ1v) is 7.06. The van der Waals surface area contributed by atoms with Crippen LogP contribution in [0.4, 0.5) is 0 Å². The number of nitrogens with zero attached hydrogens (tertiary/aromatic N) is 2. The Hall–Kier alpha value is -0.920. The summed E-state index contributed by atoms with van der Waals surface area (Å²) in [6.07, 6.45) is 2.35. The molecule has 2 N–H and O–H groups in total. The van der Waals surface area contributed by atoms with Gasteiger partial charge >= 0.3 is 0 Å². The first-order valence-electron chi connectivity index (χ1n) is 5.62. The van der Waals surface area contributed by atoms with Crippen molar-refractivity contribution in [2.24, 2.45) is 0 Å². The van der Waals surface area contributed by atoms with Crippen molar-refractivity contribution in [1.29, 1.82) is 0 Å². The molecule has 2 rings (SSSR count). The molecule has 0 aliphatic heterocycles. The Kier molecular flexibility index (Phi) is 3.24. The van der Waals surface area contributed by atoms with Gasteiger partial charge < -0.3 is 5.32 Å². The van der Waals surface area contributed by atoms with Crippen molar-refractivity contribution in [3.63, 3.8) is 0 Å². The molecule has 7 heteroatoms. The van der Waals surface area contributed by atoms with Crippen molar-refractivity contribution < 1.29 is 8.42 Å². The molecule has 0 saturated heterocycles. The highest BCUT2D eigenvalue weighted by atomic mass is 32.2. The number of aromatic nitrogens is 2. The predicted octanol–water partition coefficient (Wildman–Crippen LogP) is 0.220. The number of aryl methyl sites for hydroxylation is 1. The molecule has 0 radical (unpaired) electrons. The van der Waals surface area contributed by atoms with E-state index in [4.69, 9.17) is 0 Å². The fourth-order valence-corrected chi connectivity index (χ4v) is 2.60. The predicted molar refractivity (Wildman–Crippen MR) is 64.1 cm³/mol. The average Bonchev–Trinajstić information content (AvgIpc) is 2.99. The fourth-order valence-electron chi connectivity index (χ4n) is 1.56. The summed E-state index contributed by atoms with van der Waals surface area (Å²) in [6, 6.07) is 0.541. The molecule has 0 spiro atoms. The van der Waals surface area contributed by atoms with E-state index in [1.165, 1.54) is 31.2 Å². The molecule has 1 aromatic heterocycles. The first kappa shape index (κ1) is 12.5. The number of nitrogens with one attached hydrogen (secondary N) is 2. The molecule has 1 aromatic rings. The van der Waals surface area contributed by atoms with Crippen molar-refractivity contribution in [2.75, 3.05) is 14.1 Å². The Morgan fingerprint density at radius 3 is 2.65 bits per heavy atom. The van der Waals surface area contributed by atoms with Crippen LogP contribution in [0, 0.1) is 6.92 Å². The quantitative estimate of drug-likeness (QED) is 0.792. The maximum absolute atomic E-state index is 12.0. The van der Waals surface area contributed by atoms with E-state index in [-0.39, 0.29) is 5.03 Å². The van der Waals surface area contributed by atoms with Crippen molar-refractivity contribution in [2.45, 2.75) is 37.4 Å². The van der Waals surface area contributed by atoms with E-state index in [1.807, 2.05) is 6.92 Å². The summed E-state index contributed by atoms with van der Waals surface area (Å²) in [7, 11) is -0.441. The molecule has 96 valence electrons. The van der Waals surface area contributed by atoms with Crippen LogP contribution in [0.3, 0.4) is 0 Å². The molecule has 0 aromatic carbocycles. The molecule has 17 heavy (non-hydrogen) atoms. The lowest BCUT2D eigenvalue weighted by atomic mass is 10.2. The van der Waals surface area contributed by atoms with Crippen molar-refractivity contribution in [3.8, 4) is 0 Å². The minimum absolute atomic E-state index is 0.133. The van der Waals surface area contributed by atoms with Gasteiger partial charge in [-0.15, -0.1) is 0 Å². The second-order valence-corrected chi connectivity index (χ2v) is 6.64. The molecular weight excluding hydrogens is 240 g/mol. The second-order valence-electron chi connectivity index (χ2n) is 4.57. The van der Waals surface area contributed by atoms with Gasteiger partial charge in [0.1, 0.15) is 0 Å². The largest absolute Gasteiger partial charge is 0.310 e. The highest BCUT2D eigenvalue weighted by Gasteiger charge is 2.27. The lowest BCUT2D eigenvalue weighted by molar-refractivity contribution is 0.514. The number of aromatic amines is 1. The van der Waals surface area contributed by atoms with Gasteiger partial charge in [0.2, 0.25) is 0 Å². The summed E-state index contributed by atoms with van der Waals surface area (Å²) in [5.41, 5.74) is 1.55. The van der Waals surface area contributed by atoms with Gasteiger partial charge in [-0.2, -0.15) is 5.10 Å². The smallest absolute Gasteiger partial charge is 0.262 e. The van der Waals surface area contributed by atoms with Gasteiger partial charge in [0.05, 0.1) is 0 Å². The van der Waals surface area contributed by atoms with Gasteiger partial charge in [0.15, 0.2) is 5.03 Å². The third-order valence-electron chi connectivity index (χ3n) is 2.91. The van der Waals surface area contributed by atoms with Crippen LogP contribution in [-0.2, 0) is 16.6 Å². The zero-order valence-corrected chi connectivity index (χ0v) is 11.1. The number of hydrogen-bond donors (Lipinski definition) is 2. The summed E-state index contributed by atoms with van der Waals surface area (Å²) in [5.74, 6) is 0. The minimum Gasteiger partial charge on any atom is -0.310 e. The van der Waals surface area contributed by atoms with Gasteiger partial charge in [-0.3, -0.25) is 5.10 Å². The number of H-pyrrole nitrogens is 1. The zero-order chi connectivity index (χ0) is 12.6. The lowest BCUT2D eigenvalue weighted by Gasteiger charge is -2.11. The normalized spacial score (nSPS) is 16.7. The molecule has 0 atom stereocenters. The van der Waals surface area contributed by atoms with E-state index in [0.717, 1.165) is 11.3 Å². The Balaban J connectivity index is 2.27. The molecule has 6 nitrogen and oxygen atoms in total. The zero-order valence-electron chi connectivity index (χ0n) is 10.3. The van der Waals surface area contributed by atoms with Gasteiger partial charge in [-0.05, 0) is 19.8 Å². The molecule has 1 aliphatic carbocycles. The number of rotatable bonds is 5. The summed E-state index contributed by atoms with van der Waals surface area (Å²) in [6.45, 7) is 2.39. The highest BCUT2D eigenvalue weighted by molar-refractivity contribution is 7.89. The van der Waals surface area contributed by atoms with Gasteiger partial charge in [0.25, 0.3) is 10.0 Å². The van der Waals surface area contributed by atoms with Crippen LogP contribution in [0.5, 0.6) is 0 Å². The van der Waals surface area contributed by atoms with E-state index in [2.05, 4.69) is 15.5 Å². The van der Waals surface area contributed by atoms with Crippen LogP contribution in [-0.4, -0.2) is 43.1 Å². The molecule has 0 amide bonds. The molecule has 1 saturated carbocycles. The molecule has 1 fully saturated rings. The van der Waals surface area contributed by atoms with Crippen LogP contribution in [0.2, 0.25) is 0 Å². The molecule has 1 aliphatic rings. The van der Waals surface area contributed by atoms with Crippen molar-refractivity contribution in [3.05, 3.63) is 11.3 Å². The van der Waals surface area contributed by atoms with E-state index < -0.39 is 10.0 Å². The maximum Gasteiger partial charge on any atom is 0.262 e. The monoisotopic (exact) mass is 258 g/mol. The molecule has 0 bridgehead atoms. The second kappa shape index (κ2) is 4.40. The first-order chi connectivity index (χ1) is 7.93. The van der Waals surface area contributed by atoms with E-state index in [1.54, 1.807) is 0 Å². The molecule has 0 unspecified atom stereocenters. The Morgan fingerprint density at radius 1 is 1.47 bits per heavy atom. The summed E-state index contributed by atoms with van der Waals surface area (Å²) in [4.78, 5) is 0. The maximum atomic E-state index is 12.0. The standard InChI is InChI=1S/C10H18N4O2S/c1-7-9(6-11-8-4-5-8)10(13-12-7)17(15,16)14(2)3/h8,11H,4-6H2,1-3H3,(H,12,13). The van der Waals surface area contributed by atoms with Crippen molar-refractivity contribution >= 4 is 10.0 Å². The third-order valence-corrected chi connectivity index (χ3v) is 4.69. The third kappa shape index (κ3) is 2.51. The van der Waals surface area contributed by atoms with Crippen LogP contribution in [0.15, 0.2) is 5.03 Å². The number of sulfonamides is 1. The minimum atomic E-state index is -3.46. The Labute approximate surface area is 101 Å². The van der Waals surface area contributed by atoms with Crippen LogP contribution in [0.1, 0.15) is 24.1 Å². The van der Waals surface area contributed by atoms with Crippen LogP contribution in [0.25, 0.3) is 0 Å². The SMILES string of the molecule is Cc1[nH]nc(S(=O)(=O)N(C)C)c1CNC1CC1. The Morgan fingerprint density at radius 2 is 2.12 bits per heavy atom. The van der Waals surface area contributed by atoms with Gasteiger partial charge in [-0.25, -0.2) is 12.7 Å². The highest BCUT2D eigenvalue weighted by Crippen LogP contribution is 2.22.